The van der Waals surface area contributed by atoms with Gasteiger partial charge in [0.25, 0.3) is 5.91 Å². The number of carbonyl (C=O) groups excluding carboxylic acids is 1. The van der Waals surface area contributed by atoms with Crippen molar-refractivity contribution >= 4 is 28.2 Å². The van der Waals surface area contributed by atoms with Crippen LogP contribution in [-0.4, -0.2) is 67.7 Å². The van der Waals surface area contributed by atoms with E-state index in [9.17, 15) is 4.79 Å². The van der Waals surface area contributed by atoms with Crippen LogP contribution >= 0.6 is 0 Å². The Balaban J connectivity index is 1.77. The quantitative estimate of drug-likeness (QED) is 0.428. The fourth-order valence-electron chi connectivity index (χ4n) is 3.69. The molecule has 0 fully saturated rings. The second-order valence-electron chi connectivity index (χ2n) is 7.25. The number of carbonyl (C=O) groups is 1. The van der Waals surface area contributed by atoms with Gasteiger partial charge in [-0.05, 0) is 17.7 Å². The van der Waals surface area contributed by atoms with Crippen molar-refractivity contribution in [1.29, 1.82) is 0 Å². The summed E-state index contributed by atoms with van der Waals surface area (Å²) in [6, 6.07) is 19.8. The largest absolute Gasteiger partial charge is 0.383 e. The maximum absolute atomic E-state index is 13.5. The topological polar surface area (TPSA) is 79.3 Å². The summed E-state index contributed by atoms with van der Waals surface area (Å²) < 4.78 is 10.4. The van der Waals surface area contributed by atoms with Gasteiger partial charge in [-0.15, -0.1) is 0 Å². The minimum atomic E-state index is -0.407. The standard InChI is InChI=1S/C24H26N4O3/c1-30-14-12-25-21(20-16-18-10-6-7-11-19(18)26-20)22-24(29)28(13-15-31-2)23(27-22)17-8-4-3-5-9-17/h3-11,16,23,26H,12-15H2,1-2H3. The number of para-hydroxylation sites is 1. The number of rotatable bonds is 9. The zero-order valence-corrected chi connectivity index (χ0v) is 17.7. The minimum Gasteiger partial charge on any atom is -0.383 e. The molecule has 2 aromatic carbocycles. The maximum atomic E-state index is 13.5. The van der Waals surface area contributed by atoms with Gasteiger partial charge in [0.1, 0.15) is 5.71 Å². The van der Waals surface area contributed by atoms with Crippen molar-refractivity contribution in [3.63, 3.8) is 0 Å². The molecule has 0 bridgehead atoms. The molecule has 4 rings (SSSR count). The van der Waals surface area contributed by atoms with Crippen LogP contribution in [0, 0.1) is 0 Å². The van der Waals surface area contributed by atoms with Gasteiger partial charge in [-0.2, -0.15) is 0 Å². The van der Waals surface area contributed by atoms with Gasteiger partial charge in [0.2, 0.25) is 0 Å². The van der Waals surface area contributed by atoms with E-state index in [0.29, 0.717) is 37.7 Å². The Bertz CT molecular complexity index is 1070. The van der Waals surface area contributed by atoms with E-state index in [1.165, 1.54) is 0 Å². The van der Waals surface area contributed by atoms with Crippen LogP contribution in [0.5, 0.6) is 0 Å². The second-order valence-corrected chi connectivity index (χ2v) is 7.25. The van der Waals surface area contributed by atoms with Gasteiger partial charge in [-0.3, -0.25) is 9.79 Å². The highest BCUT2D eigenvalue weighted by Gasteiger charge is 2.37. The molecule has 0 radical (unpaired) electrons. The number of fused-ring (bicyclic) bond motifs is 1. The van der Waals surface area contributed by atoms with Gasteiger partial charge in [0.15, 0.2) is 11.9 Å². The lowest BCUT2D eigenvalue weighted by atomic mass is 10.1. The Labute approximate surface area is 181 Å². The van der Waals surface area contributed by atoms with Crippen molar-refractivity contribution in [1.82, 2.24) is 9.88 Å². The second kappa shape index (κ2) is 9.68. The maximum Gasteiger partial charge on any atom is 0.276 e. The molecule has 3 aromatic rings. The van der Waals surface area contributed by atoms with Crippen LogP contribution in [0.25, 0.3) is 10.9 Å². The molecule has 7 nitrogen and oxygen atoms in total. The van der Waals surface area contributed by atoms with E-state index in [1.54, 1.807) is 19.1 Å². The highest BCUT2D eigenvalue weighted by atomic mass is 16.5. The van der Waals surface area contributed by atoms with E-state index in [0.717, 1.165) is 22.2 Å². The van der Waals surface area contributed by atoms with E-state index in [1.807, 2.05) is 60.7 Å². The van der Waals surface area contributed by atoms with Gasteiger partial charge >= 0.3 is 0 Å². The van der Waals surface area contributed by atoms with Gasteiger partial charge < -0.3 is 19.4 Å². The number of hydrogen-bond donors (Lipinski definition) is 1. The molecule has 1 aliphatic heterocycles. The number of methoxy groups -OCH3 is 2. The number of H-pyrrole nitrogens is 1. The Morgan fingerprint density at radius 2 is 1.81 bits per heavy atom. The minimum absolute atomic E-state index is 0.152. The lowest BCUT2D eigenvalue weighted by molar-refractivity contribution is -0.125. The molecular weight excluding hydrogens is 392 g/mol. The molecule has 7 heteroatoms. The molecule has 0 saturated heterocycles. The smallest absolute Gasteiger partial charge is 0.276 e. The highest BCUT2D eigenvalue weighted by molar-refractivity contribution is 6.70. The molecule has 2 heterocycles. The van der Waals surface area contributed by atoms with E-state index < -0.39 is 6.17 Å². The van der Waals surface area contributed by atoms with Crippen LogP contribution in [0.1, 0.15) is 17.4 Å². The number of nitrogens with zero attached hydrogens (tertiary/aromatic N) is 3. The predicted octanol–water partition coefficient (Wildman–Crippen LogP) is 3.23. The number of ether oxygens (including phenoxy) is 2. The summed E-state index contributed by atoms with van der Waals surface area (Å²) >= 11 is 0. The molecule has 1 atom stereocenters. The van der Waals surface area contributed by atoms with Crippen LogP contribution < -0.4 is 0 Å². The SMILES string of the molecule is COCCN=C(C1=NC(c2ccccc2)N(CCOC)C1=O)c1cc2ccccc2[nH]1. The van der Waals surface area contributed by atoms with E-state index >= 15 is 0 Å². The van der Waals surface area contributed by atoms with Gasteiger partial charge in [0.05, 0.1) is 25.5 Å². The lowest BCUT2D eigenvalue weighted by Gasteiger charge is -2.23. The molecule has 1 amide bonds. The van der Waals surface area contributed by atoms with Gasteiger partial charge in [-0.1, -0.05) is 48.5 Å². The number of nitrogens with one attached hydrogen (secondary N) is 1. The Morgan fingerprint density at radius 1 is 1.06 bits per heavy atom. The number of benzene rings is 2. The molecule has 0 spiro atoms. The number of aromatic nitrogens is 1. The van der Waals surface area contributed by atoms with Crippen molar-refractivity contribution in [3.05, 3.63) is 71.9 Å². The molecule has 160 valence electrons. The molecule has 0 saturated carbocycles. The third kappa shape index (κ3) is 4.42. The zero-order valence-electron chi connectivity index (χ0n) is 17.7. The number of aliphatic imine (C=N–C) groups is 2. The average Bonchev–Trinajstić information content (AvgIpc) is 3.37. The lowest BCUT2D eigenvalue weighted by Crippen LogP contribution is -2.37. The van der Waals surface area contributed by atoms with Crippen LogP contribution in [0.4, 0.5) is 0 Å². The number of hydrogen-bond acceptors (Lipinski definition) is 5. The third-order valence-corrected chi connectivity index (χ3v) is 5.22. The van der Waals surface area contributed by atoms with Crippen molar-refractivity contribution in [2.24, 2.45) is 9.98 Å². The first kappa shape index (κ1) is 21.0. The Kier molecular flexibility index (Phi) is 6.54. The summed E-state index contributed by atoms with van der Waals surface area (Å²) in [5.41, 5.74) is 3.62. The summed E-state index contributed by atoms with van der Waals surface area (Å²) in [5.74, 6) is -0.152. The van der Waals surface area contributed by atoms with Gasteiger partial charge in [0, 0.05) is 31.7 Å². The summed E-state index contributed by atoms with van der Waals surface area (Å²) in [4.78, 5) is 28.1. The fraction of sp³-hybridized carbons (Fsp3) is 0.292. The summed E-state index contributed by atoms with van der Waals surface area (Å²) in [7, 11) is 3.26. The molecule has 1 N–H and O–H groups in total. The first-order valence-corrected chi connectivity index (χ1v) is 10.3. The van der Waals surface area contributed by atoms with Crippen molar-refractivity contribution in [2.75, 3.05) is 40.5 Å². The first-order valence-electron chi connectivity index (χ1n) is 10.3. The third-order valence-electron chi connectivity index (χ3n) is 5.22. The van der Waals surface area contributed by atoms with Crippen molar-refractivity contribution < 1.29 is 14.3 Å². The highest BCUT2D eigenvalue weighted by Crippen LogP contribution is 2.29. The van der Waals surface area contributed by atoms with Crippen LogP contribution in [0.15, 0.2) is 70.6 Å². The monoisotopic (exact) mass is 418 g/mol. The molecule has 1 aliphatic rings. The summed E-state index contributed by atoms with van der Waals surface area (Å²) in [6.45, 7) is 1.77. The normalized spacial score (nSPS) is 16.9. The molecule has 0 aliphatic carbocycles. The Morgan fingerprint density at radius 3 is 2.55 bits per heavy atom. The molecule has 1 unspecified atom stereocenters. The van der Waals surface area contributed by atoms with Crippen molar-refractivity contribution in [2.45, 2.75) is 6.17 Å². The van der Waals surface area contributed by atoms with Crippen LogP contribution in [0.3, 0.4) is 0 Å². The molecule has 1 aromatic heterocycles. The van der Waals surface area contributed by atoms with Gasteiger partial charge in [-0.25, -0.2) is 4.99 Å². The van der Waals surface area contributed by atoms with Crippen LogP contribution in [-0.2, 0) is 14.3 Å². The van der Waals surface area contributed by atoms with Crippen LogP contribution in [0.2, 0.25) is 0 Å². The summed E-state index contributed by atoms with van der Waals surface area (Å²) in [6.07, 6.45) is -0.407. The van der Waals surface area contributed by atoms with E-state index in [-0.39, 0.29) is 5.91 Å². The zero-order chi connectivity index (χ0) is 21.6. The number of amides is 1. The van der Waals surface area contributed by atoms with Crippen molar-refractivity contribution in [3.8, 4) is 0 Å². The Hall–Kier alpha value is -3.29. The molecule has 31 heavy (non-hydrogen) atoms. The fourth-order valence-corrected chi connectivity index (χ4v) is 3.69. The van der Waals surface area contributed by atoms with E-state index in [4.69, 9.17) is 19.5 Å². The summed E-state index contributed by atoms with van der Waals surface area (Å²) in [5, 5.41) is 1.05. The predicted molar refractivity (Wildman–Crippen MR) is 122 cm³/mol. The first-order chi connectivity index (χ1) is 15.2. The molecular formula is C24H26N4O3. The van der Waals surface area contributed by atoms with E-state index in [2.05, 4.69) is 4.98 Å². The average molecular weight is 418 g/mol. The number of aromatic amines is 1.